The van der Waals surface area contributed by atoms with E-state index in [9.17, 15) is 4.79 Å². The average Bonchev–Trinajstić information content (AvgIpc) is 3.41. The van der Waals surface area contributed by atoms with Crippen molar-refractivity contribution in [2.75, 3.05) is 31.5 Å². The Morgan fingerprint density at radius 3 is 2.63 bits per heavy atom. The van der Waals surface area contributed by atoms with Gasteiger partial charge in [-0.2, -0.15) is 5.10 Å². The molecule has 0 spiro atoms. The molecule has 4 heterocycles. The SMILES string of the molecule is CC(=O)Nc1cc(C2=CC(C(c3ccc(Cl)cc3)N3CCNCC3)C=C(c3ncn[nH]3)S2)ccn1. The number of thioether (sulfide) groups is 1. The normalized spacial score (nSPS) is 19.5. The third-order valence-corrected chi connectivity index (χ3v) is 7.42. The van der Waals surface area contributed by atoms with Gasteiger partial charge >= 0.3 is 0 Å². The zero-order valence-corrected chi connectivity index (χ0v) is 20.8. The van der Waals surface area contributed by atoms with Crippen molar-refractivity contribution >= 4 is 44.9 Å². The van der Waals surface area contributed by atoms with Crippen LogP contribution >= 0.6 is 23.4 Å². The molecule has 5 rings (SSSR count). The number of aromatic amines is 1. The van der Waals surface area contributed by atoms with Crippen molar-refractivity contribution in [2.45, 2.75) is 13.0 Å². The number of benzene rings is 1. The molecule has 2 unspecified atom stereocenters. The molecule has 1 amide bonds. The van der Waals surface area contributed by atoms with Crippen molar-refractivity contribution in [1.82, 2.24) is 30.4 Å². The van der Waals surface area contributed by atoms with Gasteiger partial charge in [0.15, 0.2) is 5.82 Å². The van der Waals surface area contributed by atoms with Gasteiger partial charge in [0.1, 0.15) is 12.1 Å². The number of piperazine rings is 1. The van der Waals surface area contributed by atoms with Gasteiger partial charge in [-0.3, -0.25) is 14.8 Å². The van der Waals surface area contributed by atoms with Gasteiger partial charge in [0, 0.05) is 61.2 Å². The summed E-state index contributed by atoms with van der Waals surface area (Å²) in [6.07, 6.45) is 7.82. The van der Waals surface area contributed by atoms with Crippen LogP contribution in [0.1, 0.15) is 29.9 Å². The van der Waals surface area contributed by atoms with Crippen molar-refractivity contribution < 1.29 is 4.79 Å². The number of hydrogen-bond acceptors (Lipinski definition) is 7. The number of H-pyrrole nitrogens is 1. The lowest BCUT2D eigenvalue weighted by atomic mass is 9.89. The second-order valence-electron chi connectivity index (χ2n) is 8.47. The fourth-order valence-electron chi connectivity index (χ4n) is 4.50. The van der Waals surface area contributed by atoms with E-state index < -0.39 is 0 Å². The summed E-state index contributed by atoms with van der Waals surface area (Å²) in [5.41, 5.74) is 2.20. The molecule has 0 aliphatic carbocycles. The van der Waals surface area contributed by atoms with E-state index in [1.807, 2.05) is 24.3 Å². The molecule has 1 fully saturated rings. The first-order valence-electron chi connectivity index (χ1n) is 11.5. The molecule has 0 bridgehead atoms. The number of carbonyl (C=O) groups excluding carboxylic acids is 1. The topological polar surface area (TPSA) is 98.8 Å². The maximum atomic E-state index is 11.6. The molecule has 3 aromatic rings. The van der Waals surface area contributed by atoms with E-state index in [4.69, 9.17) is 11.6 Å². The smallest absolute Gasteiger partial charge is 0.222 e. The standard InChI is InChI=1S/C25H26ClN7OS/c1-16(34)31-23-14-18(6-7-28-23)21-12-19(13-22(35-21)25-29-15-30-32-25)24(33-10-8-27-9-11-33)17-2-4-20(26)5-3-17/h2-7,12-15,19,24,27H,8-11H2,1H3,(H,28,31,34)(H,29,30,32). The van der Waals surface area contributed by atoms with Crippen molar-refractivity contribution in [3.63, 3.8) is 0 Å². The Morgan fingerprint density at radius 1 is 1.14 bits per heavy atom. The number of amides is 1. The van der Waals surface area contributed by atoms with Crippen LogP contribution in [0.5, 0.6) is 0 Å². The summed E-state index contributed by atoms with van der Waals surface area (Å²) in [4.78, 5) is 24.9. The quantitative estimate of drug-likeness (QED) is 0.459. The van der Waals surface area contributed by atoms with Crippen molar-refractivity contribution in [2.24, 2.45) is 5.92 Å². The predicted octanol–water partition coefficient (Wildman–Crippen LogP) is 4.20. The third kappa shape index (κ3) is 5.65. The minimum atomic E-state index is -0.151. The molecule has 2 aliphatic rings. The van der Waals surface area contributed by atoms with E-state index in [1.54, 1.807) is 18.0 Å². The molecule has 10 heteroatoms. The first kappa shape index (κ1) is 23.7. The molecule has 3 N–H and O–H groups in total. The number of nitrogens with one attached hydrogen (secondary N) is 3. The highest BCUT2D eigenvalue weighted by Crippen LogP contribution is 2.47. The van der Waals surface area contributed by atoms with Crippen LogP contribution in [-0.2, 0) is 4.79 Å². The summed E-state index contributed by atoms with van der Waals surface area (Å²) in [6.45, 7) is 5.28. The number of rotatable bonds is 6. The van der Waals surface area contributed by atoms with Crippen molar-refractivity contribution in [1.29, 1.82) is 0 Å². The summed E-state index contributed by atoms with van der Waals surface area (Å²) in [5.74, 6) is 1.18. The summed E-state index contributed by atoms with van der Waals surface area (Å²) in [6, 6.07) is 12.1. The van der Waals surface area contributed by atoms with E-state index in [2.05, 4.69) is 60.0 Å². The number of halogens is 1. The molecule has 180 valence electrons. The van der Waals surface area contributed by atoms with Crippen LogP contribution in [0.4, 0.5) is 5.82 Å². The maximum Gasteiger partial charge on any atom is 0.222 e. The van der Waals surface area contributed by atoms with E-state index in [0.717, 1.165) is 52.4 Å². The van der Waals surface area contributed by atoms with Gasteiger partial charge in [0.25, 0.3) is 0 Å². The van der Waals surface area contributed by atoms with Gasteiger partial charge in [-0.15, -0.1) is 0 Å². The van der Waals surface area contributed by atoms with E-state index in [1.165, 1.54) is 18.8 Å². The number of carbonyl (C=O) groups is 1. The summed E-state index contributed by atoms with van der Waals surface area (Å²) in [5, 5.41) is 14.0. The minimum absolute atomic E-state index is 0.0722. The highest BCUT2D eigenvalue weighted by Gasteiger charge is 2.31. The fourth-order valence-corrected chi connectivity index (χ4v) is 5.76. The summed E-state index contributed by atoms with van der Waals surface area (Å²) in [7, 11) is 0. The second-order valence-corrected chi connectivity index (χ2v) is 9.99. The predicted molar refractivity (Wildman–Crippen MR) is 141 cm³/mol. The molecule has 1 aromatic carbocycles. The molecule has 35 heavy (non-hydrogen) atoms. The highest BCUT2D eigenvalue weighted by molar-refractivity contribution is 8.16. The molecule has 2 aliphatic heterocycles. The Morgan fingerprint density at radius 2 is 1.91 bits per heavy atom. The van der Waals surface area contributed by atoms with E-state index in [0.29, 0.717) is 5.82 Å². The zero-order valence-electron chi connectivity index (χ0n) is 19.2. The van der Waals surface area contributed by atoms with Crippen LogP contribution in [0.3, 0.4) is 0 Å². The minimum Gasteiger partial charge on any atom is -0.314 e. The second kappa shape index (κ2) is 10.7. The number of aromatic nitrogens is 4. The monoisotopic (exact) mass is 507 g/mol. The molecule has 8 nitrogen and oxygen atoms in total. The maximum absolute atomic E-state index is 11.6. The lowest BCUT2D eigenvalue weighted by Gasteiger charge is -2.39. The Hall–Kier alpha value is -2.98. The average molecular weight is 508 g/mol. The Bertz CT molecular complexity index is 1240. The van der Waals surface area contributed by atoms with Crippen LogP contribution in [-0.4, -0.2) is 57.2 Å². The van der Waals surface area contributed by atoms with Crippen LogP contribution in [0.15, 0.2) is 61.1 Å². The molecule has 1 saturated heterocycles. The van der Waals surface area contributed by atoms with Crippen LogP contribution < -0.4 is 10.6 Å². The Balaban J connectivity index is 1.58. The zero-order chi connectivity index (χ0) is 24.2. The first-order chi connectivity index (χ1) is 17.1. The fraction of sp³-hybridized carbons (Fsp3) is 0.280. The molecule has 2 aromatic heterocycles. The van der Waals surface area contributed by atoms with E-state index >= 15 is 0 Å². The van der Waals surface area contributed by atoms with Crippen LogP contribution in [0, 0.1) is 5.92 Å². The van der Waals surface area contributed by atoms with Gasteiger partial charge in [-0.25, -0.2) is 9.97 Å². The van der Waals surface area contributed by atoms with Gasteiger partial charge < -0.3 is 10.6 Å². The van der Waals surface area contributed by atoms with E-state index in [-0.39, 0.29) is 17.9 Å². The van der Waals surface area contributed by atoms with Crippen molar-refractivity contribution in [3.8, 4) is 0 Å². The third-order valence-electron chi connectivity index (χ3n) is 6.03. The molecule has 0 saturated carbocycles. The molecular weight excluding hydrogens is 482 g/mol. The van der Waals surface area contributed by atoms with Crippen molar-refractivity contribution in [3.05, 3.63) is 83.0 Å². The first-order valence-corrected chi connectivity index (χ1v) is 12.7. The number of anilines is 1. The molecular formula is C25H26ClN7OS. The van der Waals surface area contributed by atoms with Gasteiger partial charge in [-0.05, 0) is 35.4 Å². The number of nitrogens with zero attached hydrogens (tertiary/aromatic N) is 4. The number of hydrogen-bond donors (Lipinski definition) is 3. The van der Waals surface area contributed by atoms with Gasteiger partial charge in [0.2, 0.25) is 5.91 Å². The van der Waals surface area contributed by atoms with Gasteiger partial charge in [-0.1, -0.05) is 47.6 Å². The Kier molecular flexibility index (Phi) is 7.29. The summed E-state index contributed by atoms with van der Waals surface area (Å²) >= 11 is 7.86. The molecule has 0 radical (unpaired) electrons. The molecule has 2 atom stereocenters. The Labute approximate surface area is 213 Å². The lowest BCUT2D eigenvalue weighted by molar-refractivity contribution is -0.114. The van der Waals surface area contributed by atoms with Crippen LogP contribution in [0.2, 0.25) is 5.02 Å². The summed E-state index contributed by atoms with van der Waals surface area (Å²) < 4.78 is 0. The highest BCUT2D eigenvalue weighted by atomic mass is 35.5. The van der Waals surface area contributed by atoms with Gasteiger partial charge in [0.05, 0.1) is 4.91 Å². The van der Waals surface area contributed by atoms with Crippen LogP contribution in [0.25, 0.3) is 9.81 Å². The number of pyridine rings is 1. The lowest BCUT2D eigenvalue weighted by Crippen LogP contribution is -2.46. The largest absolute Gasteiger partial charge is 0.314 e.